The highest BCUT2D eigenvalue weighted by Crippen LogP contribution is 2.47. The summed E-state index contributed by atoms with van der Waals surface area (Å²) in [5.41, 5.74) is 0. The van der Waals surface area contributed by atoms with Gasteiger partial charge in [-0.2, -0.15) is 0 Å². The second-order valence-electron chi connectivity index (χ2n) is 13.4. The van der Waals surface area contributed by atoms with Crippen molar-refractivity contribution in [2.45, 2.75) is 173 Å². The molecule has 2 saturated heterocycles. The smallest absolute Gasteiger partial charge is 0.303 e. The van der Waals surface area contributed by atoms with Gasteiger partial charge in [0.1, 0.15) is 6.10 Å². The molecule has 4 atom stereocenters. The first-order chi connectivity index (χ1) is 20.1. The van der Waals surface area contributed by atoms with Crippen LogP contribution in [0.4, 0.5) is 0 Å². The molecule has 2 heterocycles. The molecule has 42 heavy (non-hydrogen) atoms. The Bertz CT molecular complexity index is 749. The Hall–Kier alpha value is -0.500. The van der Waals surface area contributed by atoms with Crippen molar-refractivity contribution in [3.8, 4) is 0 Å². The number of quaternary nitrogens is 1. The molecule has 0 aromatic rings. The Morgan fingerprint density at radius 1 is 0.786 bits per heavy atom. The molecular formula is C33H64NO7P. The molecule has 9 heteroatoms. The van der Waals surface area contributed by atoms with E-state index in [1.807, 2.05) is 0 Å². The van der Waals surface area contributed by atoms with E-state index in [1.54, 1.807) is 0 Å². The van der Waals surface area contributed by atoms with Crippen LogP contribution in [-0.4, -0.2) is 68.7 Å². The zero-order valence-corrected chi connectivity index (χ0v) is 28.4. The summed E-state index contributed by atoms with van der Waals surface area (Å²) in [4.78, 5) is 24.1. The number of hydrogen-bond acceptors (Lipinski definition) is 7. The number of carbonyl (C=O) groups excluding carboxylic acids is 1. The van der Waals surface area contributed by atoms with Gasteiger partial charge in [0.25, 0.3) is 7.82 Å². The van der Waals surface area contributed by atoms with Gasteiger partial charge in [0.15, 0.2) is 0 Å². The summed E-state index contributed by atoms with van der Waals surface area (Å²) in [7, 11) is -0.0720. The van der Waals surface area contributed by atoms with Crippen LogP contribution in [0.2, 0.25) is 0 Å². The van der Waals surface area contributed by atoms with E-state index in [4.69, 9.17) is 18.5 Å². The number of hydrogen-bond donors (Lipinski definition) is 0. The first kappa shape index (κ1) is 37.7. The number of esters is 1. The third-order valence-corrected chi connectivity index (χ3v) is 10.5. The van der Waals surface area contributed by atoms with Crippen LogP contribution in [0.5, 0.6) is 0 Å². The number of rotatable bonds is 26. The van der Waals surface area contributed by atoms with E-state index in [0.717, 1.165) is 43.0 Å². The second-order valence-corrected chi connectivity index (χ2v) is 14.8. The summed E-state index contributed by atoms with van der Waals surface area (Å²) >= 11 is 0. The van der Waals surface area contributed by atoms with E-state index in [0.29, 0.717) is 18.7 Å². The van der Waals surface area contributed by atoms with Crippen LogP contribution in [-0.2, 0) is 27.9 Å². The first-order valence-corrected chi connectivity index (χ1v) is 18.8. The molecule has 2 aliphatic rings. The number of phosphoric acid groups is 1. The van der Waals surface area contributed by atoms with E-state index in [-0.39, 0.29) is 19.3 Å². The van der Waals surface area contributed by atoms with E-state index in [2.05, 4.69) is 21.0 Å². The van der Waals surface area contributed by atoms with Gasteiger partial charge in [-0.15, -0.1) is 0 Å². The monoisotopic (exact) mass is 617 g/mol. The minimum atomic E-state index is -4.51. The molecule has 0 aliphatic carbocycles. The summed E-state index contributed by atoms with van der Waals surface area (Å²) in [6, 6.07) is 0.843. The van der Waals surface area contributed by atoms with Crippen molar-refractivity contribution in [3.05, 3.63) is 0 Å². The predicted molar refractivity (Wildman–Crippen MR) is 167 cm³/mol. The van der Waals surface area contributed by atoms with Crippen LogP contribution < -0.4 is 4.89 Å². The number of carbonyl (C=O) groups is 1. The van der Waals surface area contributed by atoms with Crippen LogP contribution >= 0.6 is 7.82 Å². The molecule has 0 saturated carbocycles. The van der Waals surface area contributed by atoms with Gasteiger partial charge < -0.3 is 27.9 Å². The summed E-state index contributed by atoms with van der Waals surface area (Å²) in [5.74, 6) is -0.490. The van der Waals surface area contributed by atoms with Crippen LogP contribution in [0.15, 0.2) is 0 Å². The highest BCUT2D eigenvalue weighted by atomic mass is 31.2. The van der Waals surface area contributed by atoms with Gasteiger partial charge in [-0.05, 0) is 6.42 Å². The molecular weight excluding hydrogens is 553 g/mol. The van der Waals surface area contributed by atoms with Crippen molar-refractivity contribution < 1.29 is 37.3 Å². The van der Waals surface area contributed by atoms with E-state index in [9.17, 15) is 14.3 Å². The molecule has 248 valence electrons. The Morgan fingerprint density at radius 2 is 1.24 bits per heavy atom. The molecule has 2 aliphatic heterocycles. The number of ether oxygens (including phenoxy) is 2. The van der Waals surface area contributed by atoms with Gasteiger partial charge >= 0.3 is 5.97 Å². The Balaban J connectivity index is 1.45. The predicted octanol–water partition coefficient (Wildman–Crippen LogP) is 7.86. The zero-order chi connectivity index (χ0) is 30.7. The quantitative estimate of drug-likeness (QED) is 0.0422. The highest BCUT2D eigenvalue weighted by Gasteiger charge is 2.49. The van der Waals surface area contributed by atoms with Crippen molar-refractivity contribution in [1.82, 2.24) is 0 Å². The molecule has 0 amide bonds. The van der Waals surface area contributed by atoms with E-state index < -0.39 is 19.9 Å². The lowest BCUT2D eigenvalue weighted by Crippen LogP contribution is -2.56. The van der Waals surface area contributed by atoms with Gasteiger partial charge in [-0.3, -0.25) is 9.36 Å². The lowest BCUT2D eigenvalue weighted by atomic mass is 9.98. The third kappa shape index (κ3) is 16.0. The van der Waals surface area contributed by atoms with Gasteiger partial charge in [-0.25, -0.2) is 0 Å². The minimum absolute atomic E-state index is 0.109. The standard InChI is InChI=1S/C33H64NO7P/c1-5-6-7-8-9-10-11-12-13-14-15-16-17-18-19-20-21-24-38-27-33(40-29(2)35)28-39-42(36,37)41-32-25-30-22-23-31(26-32)34(30,3)4/h30-33H,5-28H2,1-4H3. The number of unbranched alkanes of at least 4 members (excludes halogenated alkanes) is 16. The molecule has 0 spiro atoms. The van der Waals surface area contributed by atoms with Crippen LogP contribution in [0, 0.1) is 0 Å². The van der Waals surface area contributed by atoms with Crippen LogP contribution in [0.3, 0.4) is 0 Å². The van der Waals surface area contributed by atoms with E-state index in [1.165, 1.54) is 103 Å². The second kappa shape index (κ2) is 21.3. The van der Waals surface area contributed by atoms with Crippen molar-refractivity contribution in [3.63, 3.8) is 0 Å². The van der Waals surface area contributed by atoms with Crippen molar-refractivity contribution >= 4 is 13.8 Å². The molecule has 0 N–H and O–H groups in total. The Kier molecular flexibility index (Phi) is 19.1. The molecule has 8 nitrogen and oxygen atoms in total. The number of fused-ring (bicyclic) bond motifs is 2. The first-order valence-electron chi connectivity index (χ1n) is 17.4. The average molecular weight is 618 g/mol. The molecule has 0 radical (unpaired) electrons. The summed E-state index contributed by atoms with van der Waals surface area (Å²) in [6.45, 7) is 3.95. The maximum atomic E-state index is 12.5. The lowest BCUT2D eigenvalue weighted by molar-refractivity contribution is -0.931. The van der Waals surface area contributed by atoms with Gasteiger partial charge in [0, 0.05) is 39.2 Å². The fraction of sp³-hybridized carbons (Fsp3) is 0.970. The Labute approximate surface area is 257 Å². The van der Waals surface area contributed by atoms with Crippen molar-refractivity contribution in [2.75, 3.05) is 33.9 Å². The number of phosphoric ester groups is 1. The minimum Gasteiger partial charge on any atom is -0.756 e. The number of piperidine rings is 1. The van der Waals surface area contributed by atoms with Gasteiger partial charge in [-0.1, -0.05) is 110 Å². The summed E-state index contributed by atoms with van der Waals surface area (Å²) in [6.07, 6.45) is 25.0. The highest BCUT2D eigenvalue weighted by molar-refractivity contribution is 7.45. The third-order valence-electron chi connectivity index (χ3n) is 9.51. The van der Waals surface area contributed by atoms with Crippen LogP contribution in [0.25, 0.3) is 0 Å². The van der Waals surface area contributed by atoms with Gasteiger partial charge in [0.05, 0.1) is 45.5 Å². The van der Waals surface area contributed by atoms with Crippen molar-refractivity contribution in [2.24, 2.45) is 0 Å². The largest absolute Gasteiger partial charge is 0.756 e. The fourth-order valence-corrected chi connectivity index (χ4v) is 7.75. The van der Waals surface area contributed by atoms with Gasteiger partial charge in [0.2, 0.25) is 0 Å². The molecule has 0 aromatic heterocycles. The summed E-state index contributed by atoms with van der Waals surface area (Å²) in [5, 5.41) is 0. The van der Waals surface area contributed by atoms with E-state index >= 15 is 0 Å². The molecule has 2 bridgehead atoms. The normalized spacial score (nSPS) is 23.5. The van der Waals surface area contributed by atoms with Crippen LogP contribution in [0.1, 0.15) is 149 Å². The molecule has 0 aromatic carbocycles. The Morgan fingerprint density at radius 3 is 1.69 bits per heavy atom. The summed E-state index contributed by atoms with van der Waals surface area (Å²) < 4.78 is 35.0. The molecule has 2 rings (SSSR count). The topological polar surface area (TPSA) is 94.1 Å². The molecule has 4 unspecified atom stereocenters. The lowest BCUT2D eigenvalue weighted by Gasteiger charge is -2.45. The van der Waals surface area contributed by atoms with Crippen molar-refractivity contribution in [1.29, 1.82) is 0 Å². The fourth-order valence-electron chi connectivity index (χ4n) is 6.80. The number of nitrogens with zero attached hydrogens (tertiary/aromatic N) is 1. The SMILES string of the molecule is CCCCCCCCCCCCCCCCCCCOCC(COP(=O)([O-])OC1CC2CCC(C1)[N+]2(C)C)OC(C)=O. The maximum Gasteiger partial charge on any atom is 0.303 e. The molecule has 2 fully saturated rings. The average Bonchev–Trinajstić information content (AvgIpc) is 3.07. The zero-order valence-electron chi connectivity index (χ0n) is 27.5. The maximum absolute atomic E-state index is 12.5.